The molecule has 1 fully saturated rings. The third-order valence-electron chi connectivity index (χ3n) is 4.18. The first-order valence-electron chi connectivity index (χ1n) is 7.95. The smallest absolute Gasteiger partial charge is 0.254 e. The minimum Gasteiger partial charge on any atom is -0.368 e. The normalized spacial score (nSPS) is 17.8. The molecule has 1 aromatic carbocycles. The summed E-state index contributed by atoms with van der Waals surface area (Å²) in [5, 5.41) is 4.83. The van der Waals surface area contributed by atoms with E-state index < -0.39 is 0 Å². The van der Waals surface area contributed by atoms with Crippen molar-refractivity contribution in [3.8, 4) is 0 Å². The van der Waals surface area contributed by atoms with Gasteiger partial charge in [-0.3, -0.25) is 4.79 Å². The Bertz CT molecular complexity index is 924. The van der Waals surface area contributed by atoms with E-state index >= 15 is 0 Å². The van der Waals surface area contributed by atoms with E-state index in [9.17, 15) is 4.79 Å². The molecule has 1 unspecified atom stereocenters. The van der Waals surface area contributed by atoms with Gasteiger partial charge in [-0.15, -0.1) is 0 Å². The molecule has 0 bridgehead atoms. The first kappa shape index (κ1) is 16.0. The Labute approximate surface area is 149 Å². The average Bonchev–Trinajstić information content (AvgIpc) is 3.09. The van der Waals surface area contributed by atoms with E-state index in [1.54, 1.807) is 33.7 Å². The summed E-state index contributed by atoms with van der Waals surface area (Å²) >= 11 is 5.90. The summed E-state index contributed by atoms with van der Waals surface area (Å²) in [5.41, 5.74) is 2.29. The molecule has 2 aromatic heterocycles. The van der Waals surface area contributed by atoms with E-state index in [1.807, 2.05) is 13.0 Å². The number of benzene rings is 1. The maximum absolute atomic E-state index is 12.7. The lowest BCUT2D eigenvalue weighted by Crippen LogP contribution is -2.42. The highest BCUT2D eigenvalue weighted by molar-refractivity contribution is 6.30. The van der Waals surface area contributed by atoms with Crippen molar-refractivity contribution in [1.82, 2.24) is 24.5 Å². The molecule has 0 N–H and O–H groups in total. The van der Waals surface area contributed by atoms with E-state index in [2.05, 4.69) is 15.1 Å². The van der Waals surface area contributed by atoms with Crippen LogP contribution in [0.5, 0.6) is 0 Å². The Morgan fingerprint density at radius 2 is 2.12 bits per heavy atom. The number of carbonyl (C=O) groups is 1. The van der Waals surface area contributed by atoms with Crippen LogP contribution in [0.4, 0.5) is 0 Å². The van der Waals surface area contributed by atoms with Crippen molar-refractivity contribution in [2.75, 3.05) is 19.7 Å². The Morgan fingerprint density at radius 3 is 2.92 bits per heavy atom. The molecule has 4 rings (SSSR count). The van der Waals surface area contributed by atoms with Gasteiger partial charge in [0.1, 0.15) is 12.4 Å². The number of amides is 1. The SMILES string of the molecule is Cc1cc(C2CN(C(=O)c3ccc(Cl)cc3)CCO2)n2ncnc2n1. The summed E-state index contributed by atoms with van der Waals surface area (Å²) in [4.78, 5) is 23.0. The number of rotatable bonds is 2. The van der Waals surface area contributed by atoms with E-state index in [-0.39, 0.29) is 12.0 Å². The van der Waals surface area contributed by atoms with Crippen molar-refractivity contribution in [2.45, 2.75) is 13.0 Å². The third-order valence-corrected chi connectivity index (χ3v) is 4.43. The fourth-order valence-corrected chi connectivity index (χ4v) is 3.10. The van der Waals surface area contributed by atoms with Crippen LogP contribution in [0.3, 0.4) is 0 Å². The number of hydrogen-bond donors (Lipinski definition) is 0. The van der Waals surface area contributed by atoms with Crippen molar-refractivity contribution in [1.29, 1.82) is 0 Å². The highest BCUT2D eigenvalue weighted by atomic mass is 35.5. The number of ether oxygens (including phenoxy) is 1. The number of hydrogen-bond acceptors (Lipinski definition) is 5. The standard InChI is InChI=1S/C17H16ClN5O2/c1-11-8-14(23-17(21-11)19-10-20-23)15-9-22(6-7-25-15)16(24)12-2-4-13(18)5-3-12/h2-5,8,10,15H,6-7,9H2,1H3. The summed E-state index contributed by atoms with van der Waals surface area (Å²) in [7, 11) is 0. The molecular formula is C17H16ClN5O2. The molecule has 25 heavy (non-hydrogen) atoms. The molecular weight excluding hydrogens is 342 g/mol. The number of aromatic nitrogens is 4. The maximum atomic E-state index is 12.7. The fraction of sp³-hybridized carbons (Fsp3) is 0.294. The molecule has 1 amide bonds. The largest absolute Gasteiger partial charge is 0.368 e. The molecule has 1 saturated heterocycles. The quantitative estimate of drug-likeness (QED) is 0.703. The zero-order valence-electron chi connectivity index (χ0n) is 13.6. The van der Waals surface area contributed by atoms with Gasteiger partial charge >= 0.3 is 0 Å². The maximum Gasteiger partial charge on any atom is 0.254 e. The summed E-state index contributed by atoms with van der Waals surface area (Å²) in [5.74, 6) is 0.491. The zero-order valence-corrected chi connectivity index (χ0v) is 14.3. The van der Waals surface area contributed by atoms with Crippen molar-refractivity contribution in [3.05, 3.63) is 58.6 Å². The monoisotopic (exact) mass is 357 g/mol. The molecule has 0 aliphatic carbocycles. The average molecular weight is 358 g/mol. The van der Waals surface area contributed by atoms with Crippen LogP contribution in [0.25, 0.3) is 5.78 Å². The molecule has 7 nitrogen and oxygen atoms in total. The van der Waals surface area contributed by atoms with Gasteiger partial charge < -0.3 is 9.64 Å². The van der Waals surface area contributed by atoms with Crippen LogP contribution in [-0.4, -0.2) is 50.1 Å². The Morgan fingerprint density at radius 1 is 1.32 bits per heavy atom. The second-order valence-corrected chi connectivity index (χ2v) is 6.35. The van der Waals surface area contributed by atoms with Crippen LogP contribution in [0.2, 0.25) is 5.02 Å². The minimum atomic E-state index is -0.282. The molecule has 128 valence electrons. The van der Waals surface area contributed by atoms with Gasteiger partial charge in [0.25, 0.3) is 11.7 Å². The molecule has 1 aliphatic rings. The molecule has 0 spiro atoms. The highest BCUT2D eigenvalue weighted by Gasteiger charge is 2.28. The predicted octanol–water partition coefficient (Wildman–Crippen LogP) is 2.30. The van der Waals surface area contributed by atoms with Crippen LogP contribution >= 0.6 is 11.6 Å². The first-order chi connectivity index (χ1) is 12.1. The van der Waals surface area contributed by atoms with Gasteiger partial charge in [-0.1, -0.05) is 11.6 Å². The Balaban J connectivity index is 1.61. The Kier molecular flexibility index (Phi) is 4.10. The van der Waals surface area contributed by atoms with Gasteiger partial charge in [0.2, 0.25) is 0 Å². The van der Waals surface area contributed by atoms with Crippen LogP contribution in [-0.2, 0) is 4.74 Å². The summed E-state index contributed by atoms with van der Waals surface area (Å²) < 4.78 is 7.56. The summed E-state index contributed by atoms with van der Waals surface area (Å²) in [6.45, 7) is 3.35. The van der Waals surface area contributed by atoms with E-state index in [0.717, 1.165) is 11.4 Å². The van der Waals surface area contributed by atoms with E-state index in [4.69, 9.17) is 16.3 Å². The van der Waals surface area contributed by atoms with Crippen molar-refractivity contribution in [3.63, 3.8) is 0 Å². The molecule has 1 atom stereocenters. The van der Waals surface area contributed by atoms with Gasteiger partial charge in [0.15, 0.2) is 0 Å². The molecule has 3 heterocycles. The van der Waals surface area contributed by atoms with Crippen LogP contribution in [0.15, 0.2) is 36.7 Å². The molecule has 1 aliphatic heterocycles. The Hall–Kier alpha value is -2.51. The number of morpholine rings is 1. The van der Waals surface area contributed by atoms with Crippen LogP contribution in [0, 0.1) is 6.92 Å². The lowest BCUT2D eigenvalue weighted by molar-refractivity contribution is -0.0257. The number of aryl methyl sites for hydroxylation is 1. The molecule has 3 aromatic rings. The van der Waals surface area contributed by atoms with Crippen molar-refractivity contribution in [2.24, 2.45) is 0 Å². The van der Waals surface area contributed by atoms with Crippen LogP contribution < -0.4 is 0 Å². The molecule has 8 heteroatoms. The third kappa shape index (κ3) is 3.08. The van der Waals surface area contributed by atoms with Gasteiger partial charge in [-0.2, -0.15) is 14.6 Å². The van der Waals surface area contributed by atoms with Gasteiger partial charge in [-0.25, -0.2) is 4.98 Å². The van der Waals surface area contributed by atoms with Gasteiger partial charge in [0.05, 0.1) is 18.8 Å². The lowest BCUT2D eigenvalue weighted by atomic mass is 10.1. The number of halogens is 1. The minimum absolute atomic E-state index is 0.0365. The fourth-order valence-electron chi connectivity index (χ4n) is 2.98. The second kappa shape index (κ2) is 6.42. The number of fused-ring (bicyclic) bond motifs is 1. The lowest BCUT2D eigenvalue weighted by Gasteiger charge is -2.33. The first-order valence-corrected chi connectivity index (χ1v) is 8.33. The molecule has 0 saturated carbocycles. The highest BCUT2D eigenvalue weighted by Crippen LogP contribution is 2.24. The summed E-state index contributed by atoms with van der Waals surface area (Å²) in [6, 6.07) is 8.83. The van der Waals surface area contributed by atoms with Gasteiger partial charge in [-0.05, 0) is 37.3 Å². The summed E-state index contributed by atoms with van der Waals surface area (Å²) in [6.07, 6.45) is 1.18. The topological polar surface area (TPSA) is 72.6 Å². The number of nitrogens with zero attached hydrogens (tertiary/aromatic N) is 5. The van der Waals surface area contributed by atoms with Gasteiger partial charge in [0, 0.05) is 22.8 Å². The second-order valence-electron chi connectivity index (χ2n) is 5.91. The zero-order chi connectivity index (χ0) is 17.4. The van der Waals surface area contributed by atoms with Crippen molar-refractivity contribution < 1.29 is 9.53 Å². The molecule has 0 radical (unpaired) electrons. The van der Waals surface area contributed by atoms with E-state index in [1.165, 1.54) is 6.33 Å². The van der Waals surface area contributed by atoms with E-state index in [0.29, 0.717) is 36.1 Å². The number of carbonyl (C=O) groups excluding carboxylic acids is 1. The predicted molar refractivity (Wildman–Crippen MR) is 91.6 cm³/mol. The van der Waals surface area contributed by atoms with Crippen LogP contribution in [0.1, 0.15) is 27.8 Å². The van der Waals surface area contributed by atoms with Crippen molar-refractivity contribution >= 4 is 23.3 Å².